The highest BCUT2D eigenvalue weighted by molar-refractivity contribution is 7.10. The van der Waals surface area contributed by atoms with Crippen LogP contribution in [0.1, 0.15) is 37.7 Å². The van der Waals surface area contributed by atoms with Gasteiger partial charge in [0, 0.05) is 6.04 Å². The van der Waals surface area contributed by atoms with Gasteiger partial charge < -0.3 is 11.1 Å². The van der Waals surface area contributed by atoms with Crippen LogP contribution < -0.4 is 11.1 Å². The average Bonchev–Trinajstić information content (AvgIpc) is 2.61. The fourth-order valence-electron chi connectivity index (χ4n) is 1.94. The van der Waals surface area contributed by atoms with Gasteiger partial charge in [-0.05, 0) is 24.4 Å². The average molecular weight is 222 g/mol. The number of hydrogen-bond donors (Lipinski definition) is 2. The highest BCUT2D eigenvalue weighted by Crippen LogP contribution is 2.29. The number of rotatable bonds is 2. The molecule has 0 aliphatic heterocycles. The number of anilines is 2. The Hall–Kier alpha value is -1.28. The minimum Gasteiger partial charge on any atom is -0.382 e. The Labute approximate surface area is 93.3 Å². The lowest BCUT2D eigenvalue weighted by molar-refractivity contribution is 0.463. The van der Waals surface area contributed by atoms with Gasteiger partial charge in [0.2, 0.25) is 0 Å². The SMILES string of the molecule is N#Cc1c(N)nsc1NC1CCCCC1. The summed E-state index contributed by atoms with van der Waals surface area (Å²) < 4.78 is 3.99. The van der Waals surface area contributed by atoms with Crippen LogP contribution in [0.15, 0.2) is 0 Å². The molecule has 1 heterocycles. The molecule has 3 N–H and O–H groups in total. The number of hydrogen-bond acceptors (Lipinski definition) is 5. The molecule has 1 aromatic heterocycles. The predicted molar refractivity (Wildman–Crippen MR) is 61.7 cm³/mol. The molecule has 0 unspecified atom stereocenters. The third kappa shape index (κ3) is 2.21. The number of nitrogens with zero attached hydrogens (tertiary/aromatic N) is 2. The van der Waals surface area contributed by atoms with Crippen molar-refractivity contribution in [3.63, 3.8) is 0 Å². The highest BCUT2D eigenvalue weighted by atomic mass is 32.1. The van der Waals surface area contributed by atoms with Crippen LogP contribution in [0.5, 0.6) is 0 Å². The van der Waals surface area contributed by atoms with E-state index < -0.39 is 0 Å². The molecule has 0 bridgehead atoms. The van der Waals surface area contributed by atoms with E-state index in [-0.39, 0.29) is 0 Å². The van der Waals surface area contributed by atoms with E-state index in [2.05, 4.69) is 15.8 Å². The van der Waals surface area contributed by atoms with Crippen LogP contribution >= 0.6 is 11.5 Å². The van der Waals surface area contributed by atoms with Crippen molar-refractivity contribution in [2.45, 2.75) is 38.1 Å². The minimum absolute atomic E-state index is 0.348. The van der Waals surface area contributed by atoms with Gasteiger partial charge in [0.15, 0.2) is 5.82 Å². The summed E-state index contributed by atoms with van der Waals surface area (Å²) in [4.78, 5) is 0. The molecule has 0 amide bonds. The summed E-state index contributed by atoms with van der Waals surface area (Å²) in [5, 5.41) is 13.1. The molecule has 0 radical (unpaired) electrons. The van der Waals surface area contributed by atoms with E-state index in [9.17, 15) is 0 Å². The topological polar surface area (TPSA) is 74.7 Å². The molecular formula is C10H14N4S. The Morgan fingerprint density at radius 1 is 1.40 bits per heavy atom. The Morgan fingerprint density at radius 3 is 2.80 bits per heavy atom. The van der Waals surface area contributed by atoms with Crippen LogP contribution in [0.3, 0.4) is 0 Å². The molecule has 0 spiro atoms. The molecule has 1 saturated carbocycles. The Bertz CT molecular complexity index is 373. The summed E-state index contributed by atoms with van der Waals surface area (Å²) in [5.74, 6) is 0.348. The van der Waals surface area contributed by atoms with E-state index in [4.69, 9.17) is 11.0 Å². The molecule has 80 valence electrons. The molecule has 4 nitrogen and oxygen atoms in total. The standard InChI is InChI=1S/C10H14N4S/c11-6-8-9(12)14-15-10(8)13-7-4-2-1-3-5-7/h7,13H,1-5H2,(H2,12,14). The number of nitrogens with two attached hydrogens (primary N) is 1. The normalized spacial score (nSPS) is 17.3. The van der Waals surface area contributed by atoms with Crippen molar-refractivity contribution in [2.75, 3.05) is 11.1 Å². The second-order valence-electron chi connectivity index (χ2n) is 3.86. The summed E-state index contributed by atoms with van der Waals surface area (Å²) in [7, 11) is 0. The van der Waals surface area contributed by atoms with Crippen molar-refractivity contribution >= 4 is 22.4 Å². The van der Waals surface area contributed by atoms with Gasteiger partial charge in [0.1, 0.15) is 16.6 Å². The maximum absolute atomic E-state index is 8.91. The minimum atomic E-state index is 0.348. The van der Waals surface area contributed by atoms with Crippen molar-refractivity contribution in [1.29, 1.82) is 5.26 Å². The van der Waals surface area contributed by atoms with E-state index in [1.54, 1.807) is 0 Å². The van der Waals surface area contributed by atoms with Crippen LogP contribution in [0.2, 0.25) is 0 Å². The summed E-state index contributed by atoms with van der Waals surface area (Å²) in [5.41, 5.74) is 6.10. The second-order valence-corrected chi connectivity index (χ2v) is 4.64. The molecule has 1 fully saturated rings. The monoisotopic (exact) mass is 222 g/mol. The fourth-order valence-corrected chi connectivity index (χ4v) is 2.68. The fraction of sp³-hybridized carbons (Fsp3) is 0.600. The van der Waals surface area contributed by atoms with Gasteiger partial charge >= 0.3 is 0 Å². The Kier molecular flexibility index (Phi) is 3.07. The van der Waals surface area contributed by atoms with Crippen LogP contribution in [0.4, 0.5) is 10.8 Å². The van der Waals surface area contributed by atoms with Crippen molar-refractivity contribution in [1.82, 2.24) is 4.37 Å². The van der Waals surface area contributed by atoms with Gasteiger partial charge in [-0.2, -0.15) is 9.64 Å². The van der Waals surface area contributed by atoms with Gasteiger partial charge in [-0.1, -0.05) is 19.3 Å². The first-order chi connectivity index (χ1) is 7.31. The van der Waals surface area contributed by atoms with Gasteiger partial charge in [-0.3, -0.25) is 0 Å². The molecule has 1 aromatic rings. The summed E-state index contributed by atoms with van der Waals surface area (Å²) in [6, 6.07) is 2.59. The maximum Gasteiger partial charge on any atom is 0.157 e. The zero-order valence-electron chi connectivity index (χ0n) is 8.49. The van der Waals surface area contributed by atoms with Crippen LogP contribution in [-0.4, -0.2) is 10.4 Å². The van der Waals surface area contributed by atoms with E-state index in [1.165, 1.54) is 43.6 Å². The molecule has 0 aromatic carbocycles. The molecule has 0 saturated heterocycles. The number of nitriles is 1. The molecule has 1 aliphatic carbocycles. The van der Waals surface area contributed by atoms with E-state index in [1.807, 2.05) is 0 Å². The van der Waals surface area contributed by atoms with Crippen molar-refractivity contribution in [3.8, 4) is 6.07 Å². The number of aromatic nitrogens is 1. The Balaban J connectivity index is 2.06. The van der Waals surface area contributed by atoms with Gasteiger partial charge in [-0.25, -0.2) is 0 Å². The van der Waals surface area contributed by atoms with Crippen LogP contribution in [-0.2, 0) is 0 Å². The lowest BCUT2D eigenvalue weighted by Gasteiger charge is -2.22. The number of nitrogens with one attached hydrogen (secondary N) is 1. The van der Waals surface area contributed by atoms with Crippen LogP contribution in [0, 0.1) is 11.3 Å². The predicted octanol–water partition coefficient (Wildman–Crippen LogP) is 2.34. The smallest absolute Gasteiger partial charge is 0.157 e. The van der Waals surface area contributed by atoms with Crippen LogP contribution in [0.25, 0.3) is 0 Å². The molecule has 2 rings (SSSR count). The molecule has 5 heteroatoms. The van der Waals surface area contributed by atoms with E-state index in [0.29, 0.717) is 17.4 Å². The largest absolute Gasteiger partial charge is 0.382 e. The van der Waals surface area contributed by atoms with E-state index in [0.717, 1.165) is 5.00 Å². The summed E-state index contributed by atoms with van der Waals surface area (Å²) in [6.45, 7) is 0. The van der Waals surface area contributed by atoms with Gasteiger partial charge in [0.25, 0.3) is 0 Å². The third-order valence-electron chi connectivity index (χ3n) is 2.77. The molecular weight excluding hydrogens is 208 g/mol. The first-order valence-electron chi connectivity index (χ1n) is 5.23. The number of nitrogen functional groups attached to an aromatic ring is 1. The van der Waals surface area contributed by atoms with E-state index >= 15 is 0 Å². The zero-order valence-corrected chi connectivity index (χ0v) is 9.31. The molecule has 1 aliphatic rings. The first-order valence-corrected chi connectivity index (χ1v) is 6.00. The van der Waals surface area contributed by atoms with Gasteiger partial charge in [-0.15, -0.1) is 0 Å². The van der Waals surface area contributed by atoms with Crippen molar-refractivity contribution < 1.29 is 0 Å². The lowest BCUT2D eigenvalue weighted by atomic mass is 9.95. The molecule has 15 heavy (non-hydrogen) atoms. The zero-order chi connectivity index (χ0) is 10.7. The molecule has 0 atom stereocenters. The first kappa shape index (κ1) is 10.2. The maximum atomic E-state index is 8.91. The van der Waals surface area contributed by atoms with Crippen molar-refractivity contribution in [2.24, 2.45) is 0 Å². The summed E-state index contributed by atoms with van der Waals surface area (Å²) in [6.07, 6.45) is 6.24. The quantitative estimate of drug-likeness (QED) is 0.805. The summed E-state index contributed by atoms with van der Waals surface area (Å²) >= 11 is 1.29. The van der Waals surface area contributed by atoms with Gasteiger partial charge in [0.05, 0.1) is 0 Å². The lowest BCUT2D eigenvalue weighted by Crippen LogP contribution is -2.22. The third-order valence-corrected chi connectivity index (χ3v) is 3.56. The highest BCUT2D eigenvalue weighted by Gasteiger charge is 2.17. The Morgan fingerprint density at radius 2 is 2.13 bits per heavy atom. The second kappa shape index (κ2) is 4.49. The van der Waals surface area contributed by atoms with Crippen molar-refractivity contribution in [3.05, 3.63) is 5.56 Å².